The molecule has 1 aromatic heterocycles. The first-order valence-electron chi connectivity index (χ1n) is 5.57. The molecule has 1 unspecified atom stereocenters. The van der Waals surface area contributed by atoms with E-state index in [1.807, 2.05) is 6.07 Å². The molecule has 2 N–H and O–H groups in total. The van der Waals surface area contributed by atoms with E-state index in [4.69, 9.17) is 5.11 Å². The number of rotatable bonds is 4. The van der Waals surface area contributed by atoms with Crippen LogP contribution in [0.15, 0.2) is 18.3 Å². The molecular weight excluding hydrogens is 220 g/mol. The molecule has 90 valence electrons. The van der Waals surface area contributed by atoms with E-state index in [9.17, 15) is 9.59 Å². The van der Waals surface area contributed by atoms with Crippen LogP contribution in [0.1, 0.15) is 41.7 Å². The lowest BCUT2D eigenvalue weighted by atomic mass is 10.2. The van der Waals surface area contributed by atoms with Crippen molar-refractivity contribution in [3.63, 3.8) is 0 Å². The molecule has 1 amide bonds. The number of carboxylic acid groups (broad SMARTS) is 1. The molecular formula is C12H14N2O3. The quantitative estimate of drug-likeness (QED) is 0.819. The van der Waals surface area contributed by atoms with Gasteiger partial charge in [0.25, 0.3) is 5.91 Å². The van der Waals surface area contributed by atoms with Crippen molar-refractivity contribution >= 4 is 11.9 Å². The van der Waals surface area contributed by atoms with Crippen LogP contribution in [0.4, 0.5) is 0 Å². The molecule has 5 heteroatoms. The van der Waals surface area contributed by atoms with Crippen LogP contribution >= 0.6 is 0 Å². The molecule has 0 aliphatic heterocycles. The smallest absolute Gasteiger partial charge is 0.325 e. The maximum Gasteiger partial charge on any atom is 0.325 e. The van der Waals surface area contributed by atoms with E-state index >= 15 is 0 Å². The standard InChI is InChI=1S/C12H14N2O3/c1-7(12(16)17)14-11(15)10-5-4-9(6-13-10)8-2-3-8/h4-8H,2-3H2,1H3,(H,14,15)(H,16,17). The second kappa shape index (κ2) is 4.53. The minimum atomic E-state index is -1.06. The minimum absolute atomic E-state index is 0.252. The Kier molecular flexibility index (Phi) is 3.08. The Balaban J connectivity index is 2.01. The van der Waals surface area contributed by atoms with Crippen molar-refractivity contribution < 1.29 is 14.7 Å². The third kappa shape index (κ3) is 2.81. The van der Waals surface area contributed by atoms with Gasteiger partial charge in [-0.2, -0.15) is 0 Å². The predicted octanol–water partition coefficient (Wildman–Crippen LogP) is 1.16. The highest BCUT2D eigenvalue weighted by molar-refractivity contribution is 5.94. The summed E-state index contributed by atoms with van der Waals surface area (Å²) in [6, 6.07) is 2.61. The lowest BCUT2D eigenvalue weighted by Gasteiger charge is -2.08. The molecule has 0 radical (unpaired) electrons. The number of hydrogen-bond acceptors (Lipinski definition) is 3. The van der Waals surface area contributed by atoms with Crippen molar-refractivity contribution in [1.29, 1.82) is 0 Å². The Hall–Kier alpha value is -1.91. The van der Waals surface area contributed by atoms with Crippen molar-refractivity contribution in [1.82, 2.24) is 10.3 Å². The van der Waals surface area contributed by atoms with Gasteiger partial charge in [-0.25, -0.2) is 0 Å². The normalized spacial score (nSPS) is 16.3. The highest BCUT2D eigenvalue weighted by Crippen LogP contribution is 2.39. The lowest BCUT2D eigenvalue weighted by Crippen LogP contribution is -2.38. The fraction of sp³-hybridized carbons (Fsp3) is 0.417. The summed E-state index contributed by atoms with van der Waals surface area (Å²) in [7, 11) is 0. The van der Waals surface area contributed by atoms with Crippen LogP contribution in [0.3, 0.4) is 0 Å². The number of carbonyl (C=O) groups is 2. The Labute approximate surface area is 98.9 Å². The molecule has 5 nitrogen and oxygen atoms in total. The minimum Gasteiger partial charge on any atom is -0.480 e. The average Bonchev–Trinajstić information content (AvgIpc) is 3.13. The van der Waals surface area contributed by atoms with Gasteiger partial charge in [-0.3, -0.25) is 14.6 Å². The van der Waals surface area contributed by atoms with Gasteiger partial charge in [0.15, 0.2) is 0 Å². The van der Waals surface area contributed by atoms with E-state index in [0.717, 1.165) is 5.56 Å². The van der Waals surface area contributed by atoms with Crippen LogP contribution in [0.25, 0.3) is 0 Å². The summed E-state index contributed by atoms with van der Waals surface area (Å²) in [5.41, 5.74) is 1.40. The summed E-state index contributed by atoms with van der Waals surface area (Å²) >= 11 is 0. The van der Waals surface area contributed by atoms with Crippen molar-refractivity contribution in [3.8, 4) is 0 Å². The first-order chi connectivity index (χ1) is 8.08. The highest BCUT2D eigenvalue weighted by atomic mass is 16.4. The molecule has 0 saturated heterocycles. The largest absolute Gasteiger partial charge is 0.480 e. The number of nitrogens with one attached hydrogen (secondary N) is 1. The molecule has 1 saturated carbocycles. The predicted molar refractivity (Wildman–Crippen MR) is 60.8 cm³/mol. The summed E-state index contributed by atoms with van der Waals surface area (Å²) in [6.45, 7) is 1.42. The summed E-state index contributed by atoms with van der Waals surface area (Å²) in [6.07, 6.45) is 4.06. The summed E-state index contributed by atoms with van der Waals surface area (Å²) in [5, 5.41) is 11.0. The molecule has 0 bridgehead atoms. The van der Waals surface area contributed by atoms with Crippen LogP contribution < -0.4 is 5.32 Å². The van der Waals surface area contributed by atoms with Crippen LogP contribution in [0.2, 0.25) is 0 Å². The van der Waals surface area contributed by atoms with E-state index in [1.54, 1.807) is 12.3 Å². The number of carbonyl (C=O) groups excluding carboxylic acids is 1. The van der Waals surface area contributed by atoms with Gasteiger partial charge in [-0.1, -0.05) is 6.07 Å². The third-order valence-corrected chi connectivity index (χ3v) is 2.79. The second-order valence-corrected chi connectivity index (χ2v) is 4.28. The van der Waals surface area contributed by atoms with E-state index in [2.05, 4.69) is 10.3 Å². The molecule has 1 aliphatic carbocycles. The summed E-state index contributed by atoms with van der Waals surface area (Å²) < 4.78 is 0. The zero-order valence-corrected chi connectivity index (χ0v) is 9.51. The van der Waals surface area contributed by atoms with Crippen molar-refractivity contribution in [2.45, 2.75) is 31.7 Å². The van der Waals surface area contributed by atoms with Gasteiger partial charge < -0.3 is 10.4 Å². The van der Waals surface area contributed by atoms with Crippen LogP contribution in [0, 0.1) is 0 Å². The number of pyridine rings is 1. The Morgan fingerprint density at radius 3 is 2.65 bits per heavy atom. The van der Waals surface area contributed by atoms with E-state index in [-0.39, 0.29) is 5.69 Å². The third-order valence-electron chi connectivity index (χ3n) is 2.79. The number of carboxylic acids is 1. The topological polar surface area (TPSA) is 79.3 Å². The maximum atomic E-state index is 11.6. The Bertz CT molecular complexity index is 438. The number of hydrogen-bond donors (Lipinski definition) is 2. The highest BCUT2D eigenvalue weighted by Gasteiger charge is 2.24. The van der Waals surface area contributed by atoms with Crippen molar-refractivity contribution in [2.24, 2.45) is 0 Å². The Morgan fingerprint density at radius 1 is 1.47 bits per heavy atom. The van der Waals surface area contributed by atoms with Gasteiger partial charge >= 0.3 is 5.97 Å². The number of nitrogens with zero attached hydrogens (tertiary/aromatic N) is 1. The number of aliphatic carboxylic acids is 1. The van der Waals surface area contributed by atoms with Crippen LogP contribution in [0.5, 0.6) is 0 Å². The zero-order valence-electron chi connectivity index (χ0n) is 9.51. The van der Waals surface area contributed by atoms with Crippen molar-refractivity contribution in [2.75, 3.05) is 0 Å². The zero-order chi connectivity index (χ0) is 12.4. The van der Waals surface area contributed by atoms with Crippen molar-refractivity contribution in [3.05, 3.63) is 29.6 Å². The molecule has 17 heavy (non-hydrogen) atoms. The summed E-state index contributed by atoms with van der Waals surface area (Å²) in [5.74, 6) is -0.923. The van der Waals surface area contributed by atoms with Gasteiger partial charge in [0.1, 0.15) is 11.7 Å². The molecule has 1 fully saturated rings. The molecule has 1 aliphatic rings. The molecule has 1 aromatic rings. The Morgan fingerprint density at radius 2 is 2.18 bits per heavy atom. The fourth-order valence-corrected chi connectivity index (χ4v) is 1.53. The first-order valence-corrected chi connectivity index (χ1v) is 5.57. The molecule has 2 rings (SSSR count). The van der Waals surface area contributed by atoms with E-state index in [0.29, 0.717) is 5.92 Å². The first kappa shape index (κ1) is 11.6. The average molecular weight is 234 g/mol. The van der Waals surface area contributed by atoms with E-state index < -0.39 is 17.9 Å². The van der Waals surface area contributed by atoms with Crippen LogP contribution in [-0.2, 0) is 4.79 Å². The van der Waals surface area contributed by atoms with Gasteiger partial charge in [-0.05, 0) is 37.3 Å². The van der Waals surface area contributed by atoms with Gasteiger partial charge in [0, 0.05) is 6.20 Å². The van der Waals surface area contributed by atoms with Gasteiger partial charge in [0.2, 0.25) is 0 Å². The maximum absolute atomic E-state index is 11.6. The lowest BCUT2D eigenvalue weighted by molar-refractivity contribution is -0.138. The molecule has 1 atom stereocenters. The van der Waals surface area contributed by atoms with Gasteiger partial charge in [-0.15, -0.1) is 0 Å². The number of amides is 1. The molecule has 1 heterocycles. The van der Waals surface area contributed by atoms with Gasteiger partial charge in [0.05, 0.1) is 0 Å². The SMILES string of the molecule is CC(NC(=O)c1ccc(C2CC2)cn1)C(=O)O. The van der Waals surface area contributed by atoms with Crippen LogP contribution in [-0.4, -0.2) is 28.0 Å². The molecule has 0 aromatic carbocycles. The monoisotopic (exact) mass is 234 g/mol. The summed E-state index contributed by atoms with van der Waals surface area (Å²) in [4.78, 5) is 26.2. The second-order valence-electron chi connectivity index (χ2n) is 4.28. The fourth-order valence-electron chi connectivity index (χ4n) is 1.53. The van der Waals surface area contributed by atoms with E-state index in [1.165, 1.54) is 19.8 Å². The molecule has 0 spiro atoms. The number of aromatic nitrogens is 1.